The normalized spacial score (nSPS) is 19.2. The van der Waals surface area contributed by atoms with Gasteiger partial charge in [-0.3, -0.25) is 28.1 Å². The van der Waals surface area contributed by atoms with Crippen LogP contribution in [0, 0.1) is 11.6 Å². The van der Waals surface area contributed by atoms with Crippen LogP contribution in [-0.4, -0.2) is 72.8 Å². The number of carbonyl (C=O) groups is 1. The van der Waals surface area contributed by atoms with E-state index in [1.54, 1.807) is 24.9 Å². The van der Waals surface area contributed by atoms with Crippen molar-refractivity contribution >= 4 is 22.3 Å². The Labute approximate surface area is 370 Å². The van der Waals surface area contributed by atoms with Crippen molar-refractivity contribution in [3.63, 3.8) is 0 Å². The second-order valence-electron chi connectivity index (χ2n) is 18.1. The monoisotopic (exact) mass is 908 g/mol. The Kier molecular flexibility index (Phi) is 9.11. The van der Waals surface area contributed by atoms with Crippen molar-refractivity contribution in [1.29, 1.82) is 0 Å². The molecule has 1 N–H and O–H groups in total. The Morgan fingerprint density at radius 1 is 0.985 bits per heavy atom. The van der Waals surface area contributed by atoms with Gasteiger partial charge in [-0.05, 0) is 106 Å². The van der Waals surface area contributed by atoms with Gasteiger partial charge in [-0.25, -0.2) is 23.1 Å². The number of aromatic amines is 1. The second-order valence-corrected chi connectivity index (χ2v) is 18.1. The first-order chi connectivity index (χ1) is 31.4. The van der Waals surface area contributed by atoms with E-state index in [-0.39, 0.29) is 52.9 Å². The largest absolute Gasteiger partial charge is 0.438 e. The predicted molar refractivity (Wildman–Crippen MR) is 227 cm³/mol. The molecule has 1 saturated heterocycles. The van der Waals surface area contributed by atoms with Crippen molar-refractivity contribution in [2.24, 2.45) is 7.05 Å². The summed E-state index contributed by atoms with van der Waals surface area (Å²) < 4.78 is 91.0. The van der Waals surface area contributed by atoms with Crippen molar-refractivity contribution in [2.45, 2.75) is 82.0 Å². The van der Waals surface area contributed by atoms with Crippen LogP contribution in [0.1, 0.15) is 103 Å². The van der Waals surface area contributed by atoms with E-state index in [0.29, 0.717) is 59.6 Å². The molecule has 2 atom stereocenters. The number of amides is 1. The zero-order chi connectivity index (χ0) is 46.2. The molecule has 1 saturated carbocycles. The number of alkyl halides is 3. The third-order valence-corrected chi connectivity index (χ3v) is 13.6. The highest BCUT2D eigenvalue weighted by molar-refractivity contribution is 5.98. The lowest BCUT2D eigenvalue weighted by atomic mass is 9.84. The number of benzene rings is 2. The van der Waals surface area contributed by atoms with Crippen LogP contribution in [-0.2, 0) is 29.8 Å². The third-order valence-electron chi connectivity index (χ3n) is 13.6. The molecule has 3 aliphatic rings. The molecule has 2 aromatic carbocycles. The van der Waals surface area contributed by atoms with E-state index in [2.05, 4.69) is 35.2 Å². The Bertz CT molecular complexity index is 3420. The first-order valence-electron chi connectivity index (χ1n) is 21.5. The summed E-state index contributed by atoms with van der Waals surface area (Å²) >= 11 is 0. The molecule has 15 nitrogen and oxygen atoms in total. The van der Waals surface area contributed by atoms with Crippen LogP contribution in [0.5, 0.6) is 0 Å². The smallest absolute Gasteiger partial charge is 0.376 e. The molecular weight excluding hydrogens is 868 g/mol. The average Bonchev–Trinajstić information content (AvgIpc) is 3.73. The minimum Gasteiger partial charge on any atom is -0.376 e. The van der Waals surface area contributed by atoms with Crippen molar-refractivity contribution in [1.82, 2.24) is 48.1 Å². The zero-order valence-corrected chi connectivity index (χ0v) is 36.0. The van der Waals surface area contributed by atoms with Crippen LogP contribution in [0.2, 0.25) is 0 Å². The third kappa shape index (κ3) is 6.39. The molecule has 0 radical (unpaired) electrons. The van der Waals surface area contributed by atoms with Crippen LogP contribution in [0.3, 0.4) is 0 Å². The van der Waals surface area contributed by atoms with Crippen LogP contribution in [0.25, 0.3) is 33.6 Å². The van der Waals surface area contributed by atoms with Gasteiger partial charge in [0.25, 0.3) is 5.91 Å². The number of hydrogen-bond acceptors (Lipinski definition) is 8. The van der Waals surface area contributed by atoms with E-state index in [0.717, 1.165) is 43.8 Å². The molecule has 66 heavy (non-hydrogen) atoms. The van der Waals surface area contributed by atoms with Crippen molar-refractivity contribution < 1.29 is 36.0 Å². The topological polar surface area (TPSA) is 155 Å². The summed E-state index contributed by atoms with van der Waals surface area (Å²) in [5, 5.41) is 13.1. The molecule has 8 aromatic rings. The first kappa shape index (κ1) is 41.6. The Hall–Kier alpha value is -7.09. The molecule has 0 unspecified atom stereocenters. The molecule has 2 fully saturated rings. The van der Waals surface area contributed by atoms with Gasteiger partial charge in [0.1, 0.15) is 11.6 Å². The van der Waals surface area contributed by atoms with E-state index in [9.17, 15) is 27.2 Å². The molecule has 1 amide bonds. The summed E-state index contributed by atoms with van der Waals surface area (Å²) in [7, 11) is 1.65. The van der Waals surface area contributed by atoms with Gasteiger partial charge in [0, 0.05) is 62.0 Å². The number of ether oxygens (including phenoxy) is 1. The fourth-order valence-electron chi connectivity index (χ4n) is 10.2. The lowest BCUT2D eigenvalue weighted by Crippen LogP contribution is -2.40. The van der Waals surface area contributed by atoms with Gasteiger partial charge in [0.2, 0.25) is 0 Å². The summed E-state index contributed by atoms with van der Waals surface area (Å²) in [5.74, 6) is -2.88. The maximum absolute atomic E-state index is 16.1. The molecule has 1 aliphatic carbocycles. The molecule has 0 bridgehead atoms. The maximum atomic E-state index is 16.1. The number of imidazole rings is 1. The van der Waals surface area contributed by atoms with Gasteiger partial charge in [0.05, 0.1) is 62.4 Å². The maximum Gasteiger partial charge on any atom is 0.438 e. The summed E-state index contributed by atoms with van der Waals surface area (Å²) in [4.78, 5) is 46.6. The predicted octanol–water partition coefficient (Wildman–Crippen LogP) is 7.44. The number of nitrogens with zero attached hydrogens (tertiary/aromatic N) is 9. The Morgan fingerprint density at radius 2 is 1.77 bits per heavy atom. The quantitative estimate of drug-likeness (QED) is 0.162. The lowest BCUT2D eigenvalue weighted by Gasteiger charge is -2.35. The average molecular weight is 909 g/mol. The minimum absolute atomic E-state index is 0.0218. The van der Waals surface area contributed by atoms with Crippen LogP contribution in [0.15, 0.2) is 87.4 Å². The van der Waals surface area contributed by atoms with Gasteiger partial charge in [-0.1, -0.05) is 5.16 Å². The summed E-state index contributed by atoms with van der Waals surface area (Å²) in [5.41, 5.74) is 0.144. The second kappa shape index (κ2) is 14.5. The number of hydrogen-bond donors (Lipinski definition) is 1. The Morgan fingerprint density at radius 3 is 2.50 bits per heavy atom. The highest BCUT2D eigenvalue weighted by atomic mass is 19.4. The molecule has 8 heterocycles. The number of carbonyl (C=O) groups excluding carboxylic acids is 1. The van der Waals surface area contributed by atoms with Crippen molar-refractivity contribution in [2.75, 3.05) is 13.2 Å². The van der Waals surface area contributed by atoms with Gasteiger partial charge < -0.3 is 14.0 Å². The molecule has 20 heteroatoms. The van der Waals surface area contributed by atoms with Crippen molar-refractivity contribution in [3.8, 4) is 17.2 Å². The Balaban J connectivity index is 1.06. The zero-order valence-electron chi connectivity index (χ0n) is 36.0. The number of nitrogens with one attached hydrogen (secondary N) is 1. The van der Waals surface area contributed by atoms with Gasteiger partial charge in [-0.15, -0.1) is 0 Å². The number of rotatable bonds is 7. The summed E-state index contributed by atoms with van der Waals surface area (Å²) in [6.45, 7) is 6.59. The number of pyridine rings is 1. The number of aromatic nitrogens is 9. The highest BCUT2D eigenvalue weighted by Gasteiger charge is 2.54. The van der Waals surface area contributed by atoms with Crippen LogP contribution < -0.4 is 11.4 Å². The lowest BCUT2D eigenvalue weighted by molar-refractivity contribution is -0.140. The van der Waals surface area contributed by atoms with E-state index in [1.807, 2.05) is 22.7 Å². The minimum atomic E-state index is -5.06. The fraction of sp³-hybridized carbons (Fsp3) is 0.348. The molecule has 2 aliphatic heterocycles. The van der Waals surface area contributed by atoms with Crippen LogP contribution in [0.4, 0.5) is 22.0 Å². The molecule has 0 spiro atoms. The molecule has 11 rings (SSSR count). The number of aryl methyl sites for hydroxylation is 1. The number of halogens is 5. The van der Waals surface area contributed by atoms with Gasteiger partial charge in [-0.2, -0.15) is 23.4 Å². The standard InChI is InChI=1S/C46H41F5N10O5/c1-24-36-33(54-61(27-5-6-32(47)31(21-27)46(49,50)51)39(36)60-17-16-59(43(60)64)35-8-7-34-30(37(35)48)23-52-56(34)4)10-15-57(24)40(62)29-20-28-19-25(26-11-18-65-44(2,3)22-26)9-14-58(28)38(29)45(12-13-45)41-53-42(63)66-55-41/h5-9,14,16-17,19-21,23-24,26H,10-13,15,18,22H2,1-4H3,(H,53,55,63)/t24-,26+/m0/s1. The van der Waals surface area contributed by atoms with E-state index >= 15 is 9.18 Å². The van der Waals surface area contributed by atoms with E-state index < -0.39 is 52.2 Å². The van der Waals surface area contributed by atoms with E-state index in [1.165, 1.54) is 29.3 Å². The first-order valence-corrected chi connectivity index (χ1v) is 21.5. The fourth-order valence-corrected chi connectivity index (χ4v) is 10.2. The summed E-state index contributed by atoms with van der Waals surface area (Å²) in [6.07, 6.45) is 3.73. The SMILES string of the molecule is C[C@H]1c2c(nn(-c3ccc(F)c(C(F)(F)F)c3)c2-n2ccn(-c3ccc4c(cnn4C)c3F)c2=O)CCN1C(=O)c1cc2cc([C@@H]3CCOC(C)(C)C3)ccn2c1C1(c2noc(=O)[nH]2)CC1. The molecule has 6 aromatic heterocycles. The van der Waals surface area contributed by atoms with Gasteiger partial charge in [0.15, 0.2) is 11.6 Å². The van der Waals surface area contributed by atoms with E-state index in [4.69, 9.17) is 14.4 Å². The number of fused-ring (bicyclic) bond motifs is 3. The van der Waals surface area contributed by atoms with Crippen molar-refractivity contribution in [3.05, 3.63) is 145 Å². The summed E-state index contributed by atoms with van der Waals surface area (Å²) in [6, 6.07) is 10.5. The van der Waals surface area contributed by atoms with Crippen LogP contribution >= 0.6 is 0 Å². The molecule has 340 valence electrons. The highest BCUT2D eigenvalue weighted by Crippen LogP contribution is 2.54. The molecular formula is C46H41F5N10O5. The number of H-pyrrole nitrogens is 1. The van der Waals surface area contributed by atoms with Gasteiger partial charge >= 0.3 is 17.6 Å².